The molecule has 2 aliphatic heterocycles. The Hall–Kier alpha value is -4.26. The molecule has 0 saturated carbocycles. The minimum atomic E-state index is -0.914. The van der Waals surface area contributed by atoms with Crippen LogP contribution < -0.4 is 14.5 Å². The second-order valence-electron chi connectivity index (χ2n) is 9.35. The molecule has 1 fully saturated rings. The molecule has 3 aromatic carbocycles. The Balaban J connectivity index is 1.69. The minimum absolute atomic E-state index is 0.0136. The zero-order valence-corrected chi connectivity index (χ0v) is 21.2. The SMILES string of the molecule is CCN(CC)c1ccc(C2/C(=C(/O)c3ccc4c(c3)CCO4)C(=O)C(=O)N2c2cc(C)ccc2O)cc1. The third kappa shape index (κ3) is 4.20. The number of ether oxygens (including phenoxy) is 1. The van der Waals surface area contributed by atoms with Gasteiger partial charge in [-0.2, -0.15) is 0 Å². The summed E-state index contributed by atoms with van der Waals surface area (Å²) in [6.45, 7) is 8.25. The maximum atomic E-state index is 13.5. The van der Waals surface area contributed by atoms with Crippen molar-refractivity contribution in [3.05, 3.63) is 88.5 Å². The van der Waals surface area contributed by atoms with Crippen LogP contribution in [0.1, 0.15) is 42.1 Å². The number of carbonyl (C=O) groups is 2. The van der Waals surface area contributed by atoms with Crippen molar-refractivity contribution in [3.8, 4) is 11.5 Å². The van der Waals surface area contributed by atoms with Crippen molar-refractivity contribution in [1.29, 1.82) is 0 Å². The van der Waals surface area contributed by atoms with E-state index in [4.69, 9.17) is 4.74 Å². The van der Waals surface area contributed by atoms with Crippen LogP contribution in [-0.4, -0.2) is 41.6 Å². The van der Waals surface area contributed by atoms with E-state index >= 15 is 0 Å². The Bertz CT molecular complexity index is 1410. The molecule has 0 aliphatic carbocycles. The second kappa shape index (κ2) is 9.65. The first-order chi connectivity index (χ1) is 17.8. The fraction of sp³-hybridized carbons (Fsp3) is 0.267. The lowest BCUT2D eigenvalue weighted by atomic mass is 9.94. The average Bonchev–Trinajstić information content (AvgIpc) is 3.48. The number of aromatic hydroxyl groups is 1. The molecule has 1 atom stereocenters. The number of hydrogen-bond acceptors (Lipinski definition) is 6. The number of benzene rings is 3. The molecule has 190 valence electrons. The monoisotopic (exact) mass is 498 g/mol. The van der Waals surface area contributed by atoms with Crippen LogP contribution in [0.15, 0.2) is 66.2 Å². The van der Waals surface area contributed by atoms with Crippen molar-refractivity contribution in [2.24, 2.45) is 0 Å². The lowest BCUT2D eigenvalue weighted by Gasteiger charge is -2.27. The molecular formula is C30H30N2O5. The van der Waals surface area contributed by atoms with Crippen LogP contribution in [-0.2, 0) is 16.0 Å². The van der Waals surface area contributed by atoms with E-state index in [-0.39, 0.29) is 22.8 Å². The molecule has 2 heterocycles. The third-order valence-electron chi connectivity index (χ3n) is 7.14. The molecule has 3 aromatic rings. The number of anilines is 2. The number of phenolic OH excluding ortho intramolecular Hbond substituents is 1. The number of fused-ring (bicyclic) bond motifs is 1. The number of rotatable bonds is 6. The average molecular weight is 499 g/mol. The summed E-state index contributed by atoms with van der Waals surface area (Å²) in [5.74, 6) is -1.21. The van der Waals surface area contributed by atoms with Crippen LogP contribution in [0, 0.1) is 6.92 Å². The van der Waals surface area contributed by atoms with Gasteiger partial charge in [0.2, 0.25) is 0 Å². The highest BCUT2D eigenvalue weighted by atomic mass is 16.5. The van der Waals surface area contributed by atoms with Crippen LogP contribution in [0.5, 0.6) is 11.5 Å². The molecule has 0 spiro atoms. The van der Waals surface area contributed by atoms with E-state index in [1.165, 1.54) is 11.0 Å². The van der Waals surface area contributed by atoms with E-state index in [9.17, 15) is 19.8 Å². The van der Waals surface area contributed by atoms with E-state index in [1.54, 1.807) is 30.3 Å². The normalized spacial score (nSPS) is 18.1. The van der Waals surface area contributed by atoms with Crippen LogP contribution >= 0.6 is 0 Å². The number of aliphatic hydroxyl groups is 1. The first-order valence-electron chi connectivity index (χ1n) is 12.6. The number of Topliss-reactive ketones (excluding diaryl/α,β-unsaturated/α-hetero) is 1. The Labute approximate surface area is 216 Å². The first kappa shape index (κ1) is 24.4. The van der Waals surface area contributed by atoms with Crippen LogP contribution in [0.25, 0.3) is 5.76 Å². The smallest absolute Gasteiger partial charge is 0.300 e. The van der Waals surface area contributed by atoms with E-state index < -0.39 is 17.7 Å². The van der Waals surface area contributed by atoms with Crippen molar-refractivity contribution in [2.45, 2.75) is 33.2 Å². The largest absolute Gasteiger partial charge is 0.507 e. The predicted molar refractivity (Wildman–Crippen MR) is 143 cm³/mol. The number of phenols is 1. The predicted octanol–water partition coefficient (Wildman–Crippen LogP) is 5.11. The van der Waals surface area contributed by atoms with Gasteiger partial charge >= 0.3 is 0 Å². The van der Waals surface area contributed by atoms with Crippen molar-refractivity contribution in [1.82, 2.24) is 0 Å². The summed E-state index contributed by atoms with van der Waals surface area (Å²) in [5, 5.41) is 22.1. The van der Waals surface area contributed by atoms with E-state index in [2.05, 4.69) is 18.7 Å². The van der Waals surface area contributed by atoms with Crippen LogP contribution in [0.4, 0.5) is 11.4 Å². The van der Waals surface area contributed by atoms with Gasteiger partial charge in [-0.25, -0.2) is 0 Å². The standard InChI is InChI=1S/C30H30N2O5/c1-4-31(5-2)22-10-7-19(8-11-22)27-26(28(34)21-9-13-25-20(17-21)14-15-37-25)29(35)30(36)32(27)23-16-18(3)6-12-24(23)33/h6-13,16-17,27,33-34H,4-5,14-15H2,1-3H3/b28-26-. The molecule has 1 amide bonds. The zero-order valence-electron chi connectivity index (χ0n) is 21.2. The van der Waals surface area contributed by atoms with E-state index in [1.807, 2.05) is 31.2 Å². The van der Waals surface area contributed by atoms with Gasteiger partial charge in [-0.05, 0) is 79.9 Å². The number of ketones is 1. The summed E-state index contributed by atoms with van der Waals surface area (Å²) < 4.78 is 5.58. The summed E-state index contributed by atoms with van der Waals surface area (Å²) in [6, 6.07) is 16.9. The van der Waals surface area contributed by atoms with Crippen molar-refractivity contribution in [2.75, 3.05) is 29.5 Å². The fourth-order valence-electron chi connectivity index (χ4n) is 5.17. The highest BCUT2D eigenvalue weighted by Crippen LogP contribution is 2.45. The van der Waals surface area contributed by atoms with Gasteiger partial charge in [0.1, 0.15) is 17.3 Å². The summed E-state index contributed by atoms with van der Waals surface area (Å²) in [6.07, 6.45) is 0.707. The molecule has 7 heteroatoms. The van der Waals surface area contributed by atoms with Gasteiger partial charge in [0.05, 0.1) is 23.9 Å². The van der Waals surface area contributed by atoms with Gasteiger partial charge in [0.15, 0.2) is 0 Å². The molecule has 2 aliphatic rings. The Kier molecular flexibility index (Phi) is 6.38. The molecule has 0 radical (unpaired) electrons. The number of carbonyl (C=O) groups excluding carboxylic acids is 2. The second-order valence-corrected chi connectivity index (χ2v) is 9.35. The molecule has 37 heavy (non-hydrogen) atoms. The molecule has 7 nitrogen and oxygen atoms in total. The molecule has 5 rings (SSSR count). The maximum Gasteiger partial charge on any atom is 0.300 e. The van der Waals surface area contributed by atoms with Gasteiger partial charge in [-0.15, -0.1) is 0 Å². The topological polar surface area (TPSA) is 90.3 Å². The summed E-state index contributed by atoms with van der Waals surface area (Å²) in [7, 11) is 0. The first-order valence-corrected chi connectivity index (χ1v) is 12.6. The van der Waals surface area contributed by atoms with Gasteiger partial charge in [0.25, 0.3) is 11.7 Å². The highest BCUT2D eigenvalue weighted by Gasteiger charge is 2.47. The summed E-state index contributed by atoms with van der Waals surface area (Å²) >= 11 is 0. The molecule has 0 bridgehead atoms. The number of aryl methyl sites for hydroxylation is 1. The fourth-order valence-corrected chi connectivity index (χ4v) is 5.17. The number of hydrogen-bond donors (Lipinski definition) is 2. The molecular weight excluding hydrogens is 468 g/mol. The van der Waals surface area contributed by atoms with Crippen LogP contribution in [0.2, 0.25) is 0 Å². The highest BCUT2D eigenvalue weighted by molar-refractivity contribution is 6.52. The van der Waals surface area contributed by atoms with Gasteiger partial charge in [0, 0.05) is 30.8 Å². The molecule has 1 saturated heterocycles. The summed E-state index contributed by atoms with van der Waals surface area (Å²) in [5.41, 5.74) is 4.09. The minimum Gasteiger partial charge on any atom is -0.507 e. The number of amides is 1. The lowest BCUT2D eigenvalue weighted by molar-refractivity contribution is -0.132. The van der Waals surface area contributed by atoms with Gasteiger partial charge in [-0.1, -0.05) is 18.2 Å². The number of aliphatic hydroxyl groups excluding tert-OH is 1. The Morgan fingerprint density at radius 1 is 1.03 bits per heavy atom. The van der Waals surface area contributed by atoms with Crippen molar-refractivity contribution >= 4 is 28.8 Å². The van der Waals surface area contributed by atoms with Gasteiger partial charge < -0.3 is 19.8 Å². The molecule has 1 unspecified atom stereocenters. The van der Waals surface area contributed by atoms with Crippen molar-refractivity contribution < 1.29 is 24.5 Å². The van der Waals surface area contributed by atoms with Crippen molar-refractivity contribution in [3.63, 3.8) is 0 Å². The zero-order chi connectivity index (χ0) is 26.3. The van der Waals surface area contributed by atoms with Crippen LogP contribution in [0.3, 0.4) is 0 Å². The molecule has 0 aromatic heterocycles. The Morgan fingerprint density at radius 2 is 1.76 bits per heavy atom. The Morgan fingerprint density at radius 3 is 2.46 bits per heavy atom. The van der Waals surface area contributed by atoms with E-state index in [0.29, 0.717) is 24.2 Å². The maximum absolute atomic E-state index is 13.5. The van der Waals surface area contributed by atoms with E-state index in [0.717, 1.165) is 35.7 Å². The third-order valence-corrected chi connectivity index (χ3v) is 7.14. The lowest BCUT2D eigenvalue weighted by Crippen LogP contribution is -2.29. The van der Waals surface area contributed by atoms with Gasteiger partial charge in [-0.3, -0.25) is 14.5 Å². The summed E-state index contributed by atoms with van der Waals surface area (Å²) in [4.78, 5) is 30.4. The quantitative estimate of drug-likeness (QED) is 0.279. The molecule has 2 N–H and O–H groups in total. The number of nitrogens with zero attached hydrogens (tertiary/aromatic N) is 2.